The number of methoxy groups -OCH3 is 1. The van der Waals surface area contributed by atoms with Crippen LogP contribution in [0.4, 0.5) is 0 Å². The third kappa shape index (κ3) is 4.11. The first-order valence-corrected chi connectivity index (χ1v) is 7.26. The third-order valence-electron chi connectivity index (χ3n) is 3.77. The molecule has 0 bridgehead atoms. The van der Waals surface area contributed by atoms with Gasteiger partial charge in [0.25, 0.3) is 0 Å². The van der Waals surface area contributed by atoms with Gasteiger partial charge in [-0.15, -0.1) is 0 Å². The first-order valence-electron chi connectivity index (χ1n) is 7.26. The largest absolute Gasteiger partial charge is 0.504 e. The molecule has 2 rings (SSSR count). The van der Waals surface area contributed by atoms with Crippen molar-refractivity contribution >= 4 is 0 Å². The Hall–Kier alpha value is -1.42. The summed E-state index contributed by atoms with van der Waals surface area (Å²) in [6, 6.07) is 4.86. The predicted molar refractivity (Wildman–Crippen MR) is 78.1 cm³/mol. The molecule has 0 saturated carbocycles. The second-order valence-corrected chi connectivity index (χ2v) is 5.32. The van der Waals surface area contributed by atoms with E-state index in [1.54, 1.807) is 12.1 Å². The highest BCUT2D eigenvalue weighted by molar-refractivity contribution is 5.41. The van der Waals surface area contributed by atoms with Crippen LogP contribution in [0, 0.1) is 0 Å². The molecule has 8 nitrogen and oxygen atoms in total. The summed E-state index contributed by atoms with van der Waals surface area (Å²) in [4.78, 5) is 0. The van der Waals surface area contributed by atoms with Gasteiger partial charge in [-0.1, -0.05) is 6.07 Å². The molecule has 1 saturated heterocycles. The Morgan fingerprint density at radius 3 is 2.52 bits per heavy atom. The minimum absolute atomic E-state index is 0.0334. The quantitative estimate of drug-likeness (QED) is 0.438. The fourth-order valence-corrected chi connectivity index (χ4v) is 2.38. The first kappa shape index (κ1) is 17.9. The molecule has 1 aromatic rings. The van der Waals surface area contributed by atoms with Crippen molar-refractivity contribution < 1.29 is 39.7 Å². The zero-order valence-corrected chi connectivity index (χ0v) is 12.7. The Morgan fingerprint density at radius 2 is 1.87 bits per heavy atom. The lowest BCUT2D eigenvalue weighted by atomic mass is 9.99. The van der Waals surface area contributed by atoms with Gasteiger partial charge in [-0.05, 0) is 24.1 Å². The Morgan fingerprint density at radius 1 is 1.13 bits per heavy atom. The molecule has 1 heterocycles. The average molecular weight is 330 g/mol. The zero-order chi connectivity index (χ0) is 17.0. The van der Waals surface area contributed by atoms with Crippen molar-refractivity contribution in [3.8, 4) is 11.5 Å². The summed E-state index contributed by atoms with van der Waals surface area (Å²) in [5.74, 6) is 0.376. The number of aliphatic hydroxyl groups is 4. The maximum absolute atomic E-state index is 9.84. The third-order valence-corrected chi connectivity index (χ3v) is 3.77. The number of phenolic OH excluding ortho intramolecular Hbond substituents is 1. The number of aromatic hydroxyl groups is 1. The molecule has 1 aliphatic rings. The number of hydrogen-bond acceptors (Lipinski definition) is 8. The average Bonchev–Trinajstić information content (AvgIpc) is 2.56. The van der Waals surface area contributed by atoms with Gasteiger partial charge in [0.15, 0.2) is 17.8 Å². The molecule has 0 radical (unpaired) electrons. The summed E-state index contributed by atoms with van der Waals surface area (Å²) in [7, 11) is 1.45. The van der Waals surface area contributed by atoms with E-state index < -0.39 is 37.3 Å². The Bertz CT molecular complexity index is 506. The van der Waals surface area contributed by atoms with Crippen LogP contribution in [-0.2, 0) is 15.9 Å². The normalized spacial score (nSPS) is 31.1. The van der Waals surface area contributed by atoms with E-state index in [-0.39, 0.29) is 12.4 Å². The number of aliphatic hydroxyl groups excluding tert-OH is 4. The summed E-state index contributed by atoms with van der Waals surface area (Å²) >= 11 is 0. The van der Waals surface area contributed by atoms with Crippen molar-refractivity contribution in [3.05, 3.63) is 23.8 Å². The fourth-order valence-electron chi connectivity index (χ4n) is 2.38. The molecule has 0 unspecified atom stereocenters. The Balaban J connectivity index is 1.90. The second-order valence-electron chi connectivity index (χ2n) is 5.32. The van der Waals surface area contributed by atoms with Crippen molar-refractivity contribution in [1.82, 2.24) is 0 Å². The lowest BCUT2D eigenvalue weighted by Crippen LogP contribution is -2.59. The zero-order valence-electron chi connectivity index (χ0n) is 12.7. The van der Waals surface area contributed by atoms with Gasteiger partial charge in [0.05, 0.1) is 20.3 Å². The minimum atomic E-state index is -1.46. The highest BCUT2D eigenvalue weighted by atomic mass is 16.7. The van der Waals surface area contributed by atoms with Gasteiger partial charge in [0.2, 0.25) is 0 Å². The van der Waals surface area contributed by atoms with Crippen molar-refractivity contribution in [2.75, 3.05) is 20.3 Å². The van der Waals surface area contributed by atoms with Crippen LogP contribution >= 0.6 is 0 Å². The molecule has 1 aromatic carbocycles. The Kier molecular flexibility index (Phi) is 6.17. The van der Waals surface area contributed by atoms with E-state index in [1.165, 1.54) is 13.2 Å². The number of rotatable bonds is 6. The molecular weight excluding hydrogens is 308 g/mol. The van der Waals surface area contributed by atoms with Gasteiger partial charge in [-0.2, -0.15) is 0 Å². The predicted octanol–water partition coefficient (Wildman–Crippen LogP) is -1.24. The van der Waals surface area contributed by atoms with Crippen molar-refractivity contribution in [3.63, 3.8) is 0 Å². The SMILES string of the molecule is COc1cc(CCO[C@@H]2O[C@H](CO)[C@@H](O)[C@H](O)[C@H]2O)ccc1O. The molecule has 1 fully saturated rings. The summed E-state index contributed by atoms with van der Waals surface area (Å²) in [6.45, 7) is -0.337. The minimum Gasteiger partial charge on any atom is -0.504 e. The molecule has 0 aliphatic carbocycles. The van der Waals surface area contributed by atoms with E-state index in [9.17, 15) is 20.4 Å². The topological polar surface area (TPSA) is 129 Å². The van der Waals surface area contributed by atoms with Crippen LogP contribution in [0.1, 0.15) is 5.56 Å². The van der Waals surface area contributed by atoms with Gasteiger partial charge >= 0.3 is 0 Å². The van der Waals surface area contributed by atoms with E-state index in [1.807, 2.05) is 0 Å². The number of phenols is 1. The van der Waals surface area contributed by atoms with E-state index in [0.29, 0.717) is 12.2 Å². The van der Waals surface area contributed by atoms with E-state index in [4.69, 9.17) is 19.3 Å². The van der Waals surface area contributed by atoms with E-state index in [0.717, 1.165) is 5.56 Å². The van der Waals surface area contributed by atoms with Crippen LogP contribution in [0.2, 0.25) is 0 Å². The van der Waals surface area contributed by atoms with E-state index >= 15 is 0 Å². The number of ether oxygens (including phenoxy) is 3. The smallest absolute Gasteiger partial charge is 0.186 e. The lowest BCUT2D eigenvalue weighted by Gasteiger charge is -2.39. The van der Waals surface area contributed by atoms with Crippen LogP contribution in [0.3, 0.4) is 0 Å². The second kappa shape index (κ2) is 7.91. The molecule has 0 amide bonds. The van der Waals surface area contributed by atoms with Gasteiger partial charge in [0.1, 0.15) is 24.4 Å². The molecule has 130 valence electrons. The molecule has 8 heteroatoms. The van der Waals surface area contributed by atoms with Gasteiger partial charge in [-0.25, -0.2) is 0 Å². The van der Waals surface area contributed by atoms with Crippen LogP contribution < -0.4 is 4.74 Å². The van der Waals surface area contributed by atoms with Crippen LogP contribution in [0.25, 0.3) is 0 Å². The van der Waals surface area contributed by atoms with Crippen LogP contribution in [0.15, 0.2) is 18.2 Å². The summed E-state index contributed by atoms with van der Waals surface area (Å²) in [5.41, 5.74) is 0.837. The molecule has 5 N–H and O–H groups in total. The monoisotopic (exact) mass is 330 g/mol. The molecule has 0 spiro atoms. The maximum atomic E-state index is 9.84. The van der Waals surface area contributed by atoms with Crippen LogP contribution in [0.5, 0.6) is 11.5 Å². The van der Waals surface area contributed by atoms with Gasteiger partial charge in [0, 0.05) is 0 Å². The summed E-state index contributed by atoms with van der Waals surface area (Å²) in [5, 5.41) is 47.8. The molecule has 1 aliphatic heterocycles. The molecule has 0 aromatic heterocycles. The number of benzene rings is 1. The fraction of sp³-hybridized carbons (Fsp3) is 0.600. The lowest BCUT2D eigenvalue weighted by molar-refractivity contribution is -0.300. The summed E-state index contributed by atoms with van der Waals surface area (Å²) in [6.07, 6.45) is -5.97. The first-order chi connectivity index (χ1) is 11.0. The van der Waals surface area contributed by atoms with Gasteiger partial charge < -0.3 is 39.7 Å². The molecular formula is C15H22O8. The van der Waals surface area contributed by atoms with Crippen molar-refractivity contribution in [2.24, 2.45) is 0 Å². The standard InChI is InChI=1S/C15H22O8/c1-21-10-6-8(2-3-9(10)17)4-5-22-15-14(20)13(19)12(18)11(7-16)23-15/h2-3,6,11-20H,4-5,7H2,1H3/t11-,12-,13+,14-,15-/m1/s1. The Labute approximate surface area is 133 Å². The molecule has 5 atom stereocenters. The van der Waals surface area contributed by atoms with E-state index in [2.05, 4.69) is 0 Å². The van der Waals surface area contributed by atoms with Crippen LogP contribution in [-0.4, -0.2) is 76.6 Å². The van der Waals surface area contributed by atoms with Gasteiger partial charge in [-0.3, -0.25) is 0 Å². The highest BCUT2D eigenvalue weighted by Gasteiger charge is 2.43. The molecule has 23 heavy (non-hydrogen) atoms. The summed E-state index contributed by atoms with van der Waals surface area (Å²) < 4.78 is 15.6. The number of hydrogen-bond donors (Lipinski definition) is 5. The highest BCUT2D eigenvalue weighted by Crippen LogP contribution is 2.27. The van der Waals surface area contributed by atoms with Crippen molar-refractivity contribution in [2.45, 2.75) is 37.1 Å². The maximum Gasteiger partial charge on any atom is 0.186 e. The van der Waals surface area contributed by atoms with Crippen molar-refractivity contribution in [1.29, 1.82) is 0 Å².